The van der Waals surface area contributed by atoms with Gasteiger partial charge in [0.15, 0.2) is 0 Å². The first kappa shape index (κ1) is 18.6. The van der Waals surface area contributed by atoms with Crippen molar-refractivity contribution in [3.63, 3.8) is 0 Å². The highest BCUT2D eigenvalue weighted by Crippen LogP contribution is 2.11. The van der Waals surface area contributed by atoms with Gasteiger partial charge in [0, 0.05) is 6.54 Å². The van der Waals surface area contributed by atoms with Crippen LogP contribution in [0.25, 0.3) is 5.69 Å². The van der Waals surface area contributed by atoms with Crippen molar-refractivity contribution in [2.24, 2.45) is 5.73 Å². The zero-order valence-corrected chi connectivity index (χ0v) is 14.0. The first-order chi connectivity index (χ1) is 10.4. The lowest BCUT2D eigenvalue weighted by atomic mass is 10.1. The quantitative estimate of drug-likeness (QED) is 0.896. The average Bonchev–Trinajstić information content (AvgIpc) is 2.46. The Labute approximate surface area is 139 Å². The third-order valence-electron chi connectivity index (χ3n) is 3.48. The van der Waals surface area contributed by atoms with Gasteiger partial charge in [-0.25, -0.2) is 4.79 Å². The van der Waals surface area contributed by atoms with E-state index in [1.165, 1.54) is 0 Å². The summed E-state index contributed by atoms with van der Waals surface area (Å²) in [5, 5.41) is 3.85. The maximum Gasteiger partial charge on any atom is 0.352 e. The van der Waals surface area contributed by atoms with Gasteiger partial charge >= 0.3 is 5.69 Å². The largest absolute Gasteiger partial charge is 0.364 e. The van der Waals surface area contributed by atoms with Crippen LogP contribution < -0.4 is 17.0 Å². The number of halogens is 1. The average molecular weight is 339 g/mol. The van der Waals surface area contributed by atoms with Gasteiger partial charge in [-0.3, -0.25) is 14.2 Å². The van der Waals surface area contributed by atoms with Gasteiger partial charge in [-0.15, -0.1) is 12.4 Å². The molecule has 0 atom stereocenters. The molecule has 0 radical (unpaired) electrons. The number of carbonyl (C=O) groups is 1. The maximum atomic E-state index is 12.5. The summed E-state index contributed by atoms with van der Waals surface area (Å²) in [5.41, 5.74) is 5.95. The predicted octanol–water partition coefficient (Wildman–Crippen LogP) is 0.942. The molecule has 0 saturated heterocycles. The highest BCUT2D eigenvalue weighted by atomic mass is 35.5. The summed E-state index contributed by atoms with van der Waals surface area (Å²) in [6.45, 7) is 5.88. The smallest absolute Gasteiger partial charge is 0.352 e. The van der Waals surface area contributed by atoms with Crippen LogP contribution in [0.15, 0.2) is 27.8 Å². The number of primary amides is 1. The molecule has 0 saturated carbocycles. The molecule has 2 aromatic rings. The van der Waals surface area contributed by atoms with Crippen LogP contribution in [-0.4, -0.2) is 20.3 Å². The molecule has 1 amide bonds. The molecule has 1 aromatic heterocycles. The van der Waals surface area contributed by atoms with Gasteiger partial charge in [-0.1, -0.05) is 13.0 Å². The molecule has 0 unspecified atom stereocenters. The molecule has 0 aliphatic heterocycles. The van der Waals surface area contributed by atoms with E-state index in [0.717, 1.165) is 20.4 Å². The van der Waals surface area contributed by atoms with Gasteiger partial charge in [0.25, 0.3) is 11.5 Å². The van der Waals surface area contributed by atoms with Gasteiger partial charge in [0.05, 0.1) is 5.69 Å². The number of aryl methyl sites for hydroxylation is 2. The third kappa shape index (κ3) is 3.50. The van der Waals surface area contributed by atoms with E-state index in [1.54, 1.807) is 12.1 Å². The zero-order chi connectivity index (χ0) is 16.4. The van der Waals surface area contributed by atoms with Crippen molar-refractivity contribution in [1.82, 2.24) is 14.3 Å². The third-order valence-corrected chi connectivity index (χ3v) is 3.48. The number of rotatable bonds is 4. The lowest BCUT2D eigenvalue weighted by molar-refractivity contribution is 0.0991. The van der Waals surface area contributed by atoms with E-state index < -0.39 is 22.9 Å². The van der Waals surface area contributed by atoms with E-state index in [1.807, 2.05) is 26.8 Å². The minimum Gasteiger partial charge on any atom is -0.364 e. The summed E-state index contributed by atoms with van der Waals surface area (Å²) >= 11 is 0. The molecule has 124 valence electrons. The lowest BCUT2D eigenvalue weighted by Crippen LogP contribution is -2.45. The number of carbonyl (C=O) groups excluding carboxylic acids is 1. The number of nitrogens with two attached hydrogens (primary N) is 1. The Kier molecular flexibility index (Phi) is 5.86. The van der Waals surface area contributed by atoms with E-state index in [2.05, 4.69) is 5.10 Å². The number of hydrogen-bond donors (Lipinski definition) is 1. The first-order valence-corrected chi connectivity index (χ1v) is 6.98. The molecule has 7 nitrogen and oxygen atoms in total. The molecule has 0 fully saturated rings. The van der Waals surface area contributed by atoms with Crippen LogP contribution in [0.1, 0.15) is 35.0 Å². The predicted molar refractivity (Wildman–Crippen MR) is 89.6 cm³/mol. The van der Waals surface area contributed by atoms with Crippen molar-refractivity contribution in [3.8, 4) is 5.69 Å². The Balaban J connectivity index is 0.00000264. The number of nitrogens with zero attached hydrogens (tertiary/aromatic N) is 3. The second kappa shape index (κ2) is 7.23. The Morgan fingerprint density at radius 1 is 1.22 bits per heavy atom. The summed E-state index contributed by atoms with van der Waals surface area (Å²) < 4.78 is 2.03. The molecule has 8 heteroatoms. The monoisotopic (exact) mass is 338 g/mol. The van der Waals surface area contributed by atoms with Crippen LogP contribution >= 0.6 is 12.4 Å². The van der Waals surface area contributed by atoms with E-state index in [9.17, 15) is 14.4 Å². The Morgan fingerprint density at radius 3 is 2.39 bits per heavy atom. The molecule has 0 bridgehead atoms. The normalized spacial score (nSPS) is 10.2. The molecule has 0 aliphatic carbocycles. The summed E-state index contributed by atoms with van der Waals surface area (Å²) in [5.74, 6) is -0.951. The van der Waals surface area contributed by atoms with Crippen LogP contribution in [0, 0.1) is 13.8 Å². The summed E-state index contributed by atoms with van der Waals surface area (Å²) in [6.07, 6.45) is 0.574. The molecular weight excluding hydrogens is 320 g/mol. The van der Waals surface area contributed by atoms with Crippen molar-refractivity contribution >= 4 is 18.3 Å². The maximum absolute atomic E-state index is 12.5. The van der Waals surface area contributed by atoms with E-state index in [-0.39, 0.29) is 19.0 Å². The fourth-order valence-electron chi connectivity index (χ4n) is 2.12. The molecule has 23 heavy (non-hydrogen) atoms. The van der Waals surface area contributed by atoms with Gasteiger partial charge in [-0.05, 0) is 43.5 Å². The van der Waals surface area contributed by atoms with Crippen LogP contribution in [0.2, 0.25) is 0 Å². The second-order valence-electron chi connectivity index (χ2n) is 5.13. The SMILES string of the molecule is CCCn1c(=O)c(C(N)=O)nn(-c2ccc(C)c(C)c2)c1=O.Cl. The molecule has 2 N–H and O–H groups in total. The topological polar surface area (TPSA) is 100.0 Å². The lowest BCUT2D eigenvalue weighted by Gasteiger charge is -2.11. The van der Waals surface area contributed by atoms with Crippen molar-refractivity contribution in [2.45, 2.75) is 33.7 Å². The van der Waals surface area contributed by atoms with Crippen molar-refractivity contribution < 1.29 is 4.79 Å². The van der Waals surface area contributed by atoms with Crippen LogP contribution in [0.3, 0.4) is 0 Å². The highest BCUT2D eigenvalue weighted by molar-refractivity contribution is 5.90. The summed E-state index contributed by atoms with van der Waals surface area (Å²) in [6, 6.07) is 5.33. The van der Waals surface area contributed by atoms with E-state index >= 15 is 0 Å². The molecule has 2 rings (SSSR count). The van der Waals surface area contributed by atoms with Gasteiger partial charge in [-0.2, -0.15) is 9.78 Å². The van der Waals surface area contributed by atoms with Crippen molar-refractivity contribution in [3.05, 3.63) is 55.9 Å². The Hall–Kier alpha value is -2.41. The number of benzene rings is 1. The van der Waals surface area contributed by atoms with Crippen LogP contribution in [-0.2, 0) is 6.54 Å². The van der Waals surface area contributed by atoms with Gasteiger partial charge < -0.3 is 5.73 Å². The standard InChI is InChI=1S/C15H18N4O3.ClH/c1-4-7-18-14(21)12(13(16)20)17-19(15(18)22)11-6-5-9(2)10(3)8-11;/h5-6,8H,4,7H2,1-3H3,(H2,16,20);1H. The van der Waals surface area contributed by atoms with Crippen LogP contribution in [0.5, 0.6) is 0 Å². The fraction of sp³-hybridized carbons (Fsp3) is 0.333. The number of amides is 1. The van der Waals surface area contributed by atoms with Crippen LogP contribution in [0.4, 0.5) is 0 Å². The molecule has 0 spiro atoms. The van der Waals surface area contributed by atoms with E-state index in [0.29, 0.717) is 12.1 Å². The number of hydrogen-bond acceptors (Lipinski definition) is 4. The van der Waals surface area contributed by atoms with Gasteiger partial charge in [0.1, 0.15) is 0 Å². The summed E-state index contributed by atoms with van der Waals surface area (Å²) in [4.78, 5) is 36.0. The molecule has 1 aromatic carbocycles. The number of aromatic nitrogens is 3. The second-order valence-corrected chi connectivity index (χ2v) is 5.13. The minimum atomic E-state index is -0.951. The van der Waals surface area contributed by atoms with Crippen molar-refractivity contribution in [2.75, 3.05) is 0 Å². The fourth-order valence-corrected chi connectivity index (χ4v) is 2.12. The van der Waals surface area contributed by atoms with Gasteiger partial charge in [0.2, 0.25) is 5.69 Å². The highest BCUT2D eigenvalue weighted by Gasteiger charge is 2.17. The zero-order valence-electron chi connectivity index (χ0n) is 13.2. The molecular formula is C15H19ClN4O3. The summed E-state index contributed by atoms with van der Waals surface area (Å²) in [7, 11) is 0. The Bertz CT molecular complexity index is 855. The minimum absolute atomic E-state index is 0. The van der Waals surface area contributed by atoms with Crippen molar-refractivity contribution in [1.29, 1.82) is 0 Å². The Morgan fingerprint density at radius 2 is 1.87 bits per heavy atom. The first-order valence-electron chi connectivity index (χ1n) is 6.98. The van der Waals surface area contributed by atoms with E-state index in [4.69, 9.17) is 5.73 Å². The molecule has 1 heterocycles. The molecule has 0 aliphatic rings.